The third kappa shape index (κ3) is 17.1. The molecule has 2 bridgehead atoms. The van der Waals surface area contributed by atoms with Gasteiger partial charge in [0.25, 0.3) is 5.91 Å². The molecule has 7 amide bonds. The lowest BCUT2D eigenvalue weighted by molar-refractivity contribution is -0.168. The number of alkyl halides is 1. The van der Waals surface area contributed by atoms with Crippen LogP contribution in [0, 0.1) is 11.8 Å². The van der Waals surface area contributed by atoms with Crippen molar-refractivity contribution in [1.82, 2.24) is 41.2 Å². The predicted molar refractivity (Wildman–Crippen MR) is 282 cm³/mol. The number of aromatic amines is 1. The Balaban J connectivity index is 1.54. The van der Waals surface area contributed by atoms with E-state index in [0.717, 1.165) is 16.7 Å². The monoisotopic (exact) mass is 1150 g/mol. The minimum absolute atomic E-state index is 0.00603. The molecule has 3 aliphatic heterocycles. The number of ketones is 4. The number of hydrogen-bond donors (Lipinski definition) is 10. The molecule has 0 aliphatic carbocycles. The number of amides is 7. The van der Waals surface area contributed by atoms with Crippen molar-refractivity contribution < 1.29 is 83.1 Å². The fraction of sp³-hybridized carbons (Fsp3) is 0.615. The van der Waals surface area contributed by atoms with Crippen molar-refractivity contribution in [2.24, 2.45) is 11.8 Å². The lowest BCUT2D eigenvalue weighted by atomic mass is 9.89. The van der Waals surface area contributed by atoms with Crippen LogP contribution in [0.15, 0.2) is 23.2 Å². The maximum atomic E-state index is 14.8. The second-order valence-corrected chi connectivity index (χ2v) is 22.1. The molecule has 25 nitrogen and oxygen atoms in total. The minimum atomic E-state index is -1.97. The molecular weight excluding hydrogens is 1080 g/mol. The average molecular weight is 1150 g/mol. The van der Waals surface area contributed by atoms with Crippen LogP contribution in [0.5, 0.6) is 0 Å². The van der Waals surface area contributed by atoms with E-state index >= 15 is 0 Å². The number of carbonyl (C=O) groups is 12. The third-order valence-corrected chi connectivity index (χ3v) is 15.5. The van der Waals surface area contributed by atoms with Gasteiger partial charge >= 0.3 is 5.97 Å². The highest BCUT2D eigenvalue weighted by atomic mass is 35.5. The van der Waals surface area contributed by atoms with Crippen molar-refractivity contribution in [3.05, 3.63) is 29.3 Å². The molecular formula is C52H71ClN8O17S. The Morgan fingerprint density at radius 1 is 0.848 bits per heavy atom. The molecule has 0 saturated carbocycles. The third-order valence-electron chi connectivity index (χ3n) is 14.2. The molecule has 1 aromatic carbocycles. The molecule has 10 atom stereocenters. The number of aliphatic hydroxyl groups excluding tert-OH is 3. The number of aliphatic carboxylic acids is 1. The second-order valence-electron chi connectivity index (χ2n) is 20.8. The number of carbonyl (C=O) groups excluding carboxylic acids is 11. The SMILES string of the molecule is CCC(=O)N(CC(=O)O)N(CC(=O)CCCCC(=O)Cc1ccc2[nH]c3c(c2c1)C[C@@H]1CC(=O)[C@H](C)NC(=O)[C@@H]2C[C@@H](O)CN2C(=O)[C@@H](CS3)NC(=O)[C@@H](C(C)O)CC(=O)[C@H](C)NC(=O)[C@H](C[C@@](C)(O)CO)NC1=O)C(=O)CCl. The van der Waals surface area contributed by atoms with Gasteiger partial charge in [0.2, 0.25) is 35.4 Å². The van der Waals surface area contributed by atoms with E-state index in [9.17, 15) is 83.1 Å². The normalized spacial score (nSPS) is 24.9. The van der Waals surface area contributed by atoms with Crippen LogP contribution in [0.25, 0.3) is 10.9 Å². The van der Waals surface area contributed by atoms with Gasteiger partial charge in [0.15, 0.2) is 17.3 Å². The number of rotatable bonds is 17. The summed E-state index contributed by atoms with van der Waals surface area (Å²) < 4.78 is 0. The number of hydrazine groups is 1. The molecule has 0 radical (unpaired) electrons. The van der Waals surface area contributed by atoms with Crippen LogP contribution in [0.4, 0.5) is 0 Å². The van der Waals surface area contributed by atoms with E-state index in [0.29, 0.717) is 37.1 Å². The summed E-state index contributed by atoms with van der Waals surface area (Å²) >= 11 is 6.73. The molecule has 2 aromatic rings. The molecule has 1 unspecified atom stereocenters. The Labute approximate surface area is 464 Å². The highest BCUT2D eigenvalue weighted by Gasteiger charge is 2.44. The quantitative estimate of drug-likeness (QED) is 0.0515. The summed E-state index contributed by atoms with van der Waals surface area (Å²) in [5.41, 5.74) is -0.593. The van der Waals surface area contributed by atoms with Crippen molar-refractivity contribution in [1.29, 1.82) is 0 Å². The van der Waals surface area contributed by atoms with Crippen molar-refractivity contribution in [2.75, 3.05) is 37.9 Å². The first-order valence-corrected chi connectivity index (χ1v) is 27.6. The van der Waals surface area contributed by atoms with Gasteiger partial charge in [0.05, 0.1) is 47.4 Å². The number of thioether (sulfide) groups is 1. The zero-order valence-electron chi connectivity index (χ0n) is 44.7. The first-order valence-electron chi connectivity index (χ1n) is 26.1. The van der Waals surface area contributed by atoms with Crippen molar-refractivity contribution in [3.63, 3.8) is 0 Å². The fourth-order valence-electron chi connectivity index (χ4n) is 9.62. The van der Waals surface area contributed by atoms with Crippen molar-refractivity contribution >= 4 is 105 Å². The summed E-state index contributed by atoms with van der Waals surface area (Å²) in [6.45, 7) is 3.92. The Kier molecular flexibility index (Phi) is 22.7. The topological polar surface area (TPSA) is 380 Å². The van der Waals surface area contributed by atoms with Crippen molar-refractivity contribution in [3.8, 4) is 0 Å². The van der Waals surface area contributed by atoms with E-state index in [1.807, 2.05) is 0 Å². The molecule has 1 aromatic heterocycles. The van der Waals surface area contributed by atoms with Gasteiger partial charge in [-0.2, -0.15) is 0 Å². The molecule has 434 valence electrons. The first kappa shape index (κ1) is 63.5. The maximum Gasteiger partial charge on any atom is 0.325 e. The van der Waals surface area contributed by atoms with Gasteiger partial charge < -0.3 is 56.7 Å². The van der Waals surface area contributed by atoms with E-state index < -0.39 is 169 Å². The molecule has 4 heterocycles. The van der Waals surface area contributed by atoms with Crippen LogP contribution in [0.3, 0.4) is 0 Å². The summed E-state index contributed by atoms with van der Waals surface area (Å²) in [7, 11) is 0. The number of aromatic nitrogens is 1. The standard InChI is InChI=1S/C52H71ClN8O17S/c1-6-43(69)61(23-45(71)72)60(44(70)20-53)22-32(65)10-8-7-9-31(64)13-29-11-12-37-35(14-29)36-15-30-16-41(67)26(2)55-49(76)40-17-33(66)21-59(40)51(77)39(24-79-50(36)58-37)57-47(74)34(28(4)63)18-42(68)27(3)54-48(75)38(56-46(30)73)19-52(5,78)25-62/h11-12,14,26-28,30,33-34,38-40,58,62-63,66,78H,6-10,13,15-25H2,1-5H3,(H,54,75)(H,55,76)(H,56,73)(H,57,74)(H,71,72)/t26-,27-,28?,30+,33+,34+,38-,39+,40-,52+/m0/s1. The van der Waals surface area contributed by atoms with Gasteiger partial charge in [-0.3, -0.25) is 57.5 Å². The van der Waals surface area contributed by atoms with Crippen LogP contribution in [-0.2, 0) is 70.4 Å². The smallest absolute Gasteiger partial charge is 0.325 e. The number of aliphatic hydroxyl groups is 4. The van der Waals surface area contributed by atoms with E-state index in [1.54, 1.807) is 18.2 Å². The summed E-state index contributed by atoms with van der Waals surface area (Å²) in [6.07, 6.45) is -4.90. The first-order chi connectivity index (χ1) is 37.2. The Hall–Kier alpha value is -6.32. The molecule has 79 heavy (non-hydrogen) atoms. The van der Waals surface area contributed by atoms with E-state index in [2.05, 4.69) is 26.3 Å². The van der Waals surface area contributed by atoms with E-state index in [1.165, 1.54) is 34.6 Å². The highest BCUT2D eigenvalue weighted by Crippen LogP contribution is 2.35. The lowest BCUT2D eigenvalue weighted by Crippen LogP contribution is -2.57. The zero-order valence-corrected chi connectivity index (χ0v) is 46.3. The number of Topliss-reactive ketones (excluding diaryl/α,β-unsaturated/α-hetero) is 4. The summed E-state index contributed by atoms with van der Waals surface area (Å²) in [5, 5.41) is 64.6. The average Bonchev–Trinajstić information content (AvgIpc) is 4.00. The van der Waals surface area contributed by atoms with Crippen LogP contribution < -0.4 is 21.3 Å². The molecule has 10 N–H and O–H groups in total. The van der Waals surface area contributed by atoms with Crippen LogP contribution in [0.2, 0.25) is 0 Å². The highest BCUT2D eigenvalue weighted by molar-refractivity contribution is 7.99. The van der Waals surface area contributed by atoms with Crippen LogP contribution in [-0.4, -0.2) is 202 Å². The van der Waals surface area contributed by atoms with E-state index in [4.69, 9.17) is 11.6 Å². The number of nitrogens with one attached hydrogen (secondary N) is 5. The van der Waals surface area contributed by atoms with Gasteiger partial charge in [-0.15, -0.1) is 23.4 Å². The maximum absolute atomic E-state index is 14.8. The Bertz CT molecular complexity index is 2680. The number of fused-ring (bicyclic) bond motifs is 5. The van der Waals surface area contributed by atoms with Gasteiger partial charge in [0, 0.05) is 80.5 Å². The minimum Gasteiger partial charge on any atom is -0.480 e. The van der Waals surface area contributed by atoms with Gasteiger partial charge in [-0.05, 0) is 70.2 Å². The largest absolute Gasteiger partial charge is 0.480 e. The van der Waals surface area contributed by atoms with Gasteiger partial charge in [-0.25, -0.2) is 10.0 Å². The molecule has 1 fully saturated rings. The molecule has 1 saturated heterocycles. The number of hydrogen-bond acceptors (Lipinski definition) is 17. The van der Waals surface area contributed by atoms with Gasteiger partial charge in [0.1, 0.15) is 42.9 Å². The molecule has 0 spiro atoms. The molecule has 27 heteroatoms. The predicted octanol–water partition coefficient (Wildman–Crippen LogP) is -1.02. The van der Waals surface area contributed by atoms with Crippen LogP contribution in [0.1, 0.15) is 104 Å². The number of carboxylic acid groups (broad SMARTS) is 1. The number of unbranched alkanes of at least 4 members (excludes halogenated alkanes) is 1. The molecule has 3 aliphatic rings. The van der Waals surface area contributed by atoms with Crippen LogP contribution >= 0.6 is 23.4 Å². The number of benzene rings is 1. The van der Waals surface area contributed by atoms with Crippen molar-refractivity contribution in [2.45, 2.75) is 158 Å². The summed E-state index contributed by atoms with van der Waals surface area (Å²) in [4.78, 5) is 167. The van der Waals surface area contributed by atoms with Gasteiger partial charge in [-0.1, -0.05) is 13.0 Å². The zero-order chi connectivity index (χ0) is 58.6. The number of carboxylic acids is 1. The Morgan fingerprint density at radius 2 is 1.48 bits per heavy atom. The summed E-state index contributed by atoms with van der Waals surface area (Å²) in [6, 6.07) is -2.03. The number of H-pyrrole nitrogens is 1. The Morgan fingerprint density at radius 3 is 2.10 bits per heavy atom. The second kappa shape index (κ2) is 28.2. The lowest BCUT2D eigenvalue weighted by Gasteiger charge is -2.32. The number of halogens is 1. The fourth-order valence-corrected chi connectivity index (χ4v) is 10.9. The summed E-state index contributed by atoms with van der Waals surface area (Å²) in [5.74, 6) is -13.3. The number of nitrogens with zero attached hydrogens (tertiary/aromatic N) is 3. The molecule has 5 rings (SSSR count). The van der Waals surface area contributed by atoms with E-state index in [-0.39, 0.29) is 69.4 Å².